The highest BCUT2D eigenvalue weighted by atomic mass is 32.1. The van der Waals surface area contributed by atoms with Gasteiger partial charge < -0.3 is 4.40 Å². The highest BCUT2D eigenvalue weighted by Crippen LogP contribution is 2.53. The summed E-state index contributed by atoms with van der Waals surface area (Å²) in [6.45, 7) is 0. The molecule has 0 bridgehead atoms. The number of benzene rings is 8. The molecule has 208 valence electrons. The molecule has 2 heteroatoms. The zero-order chi connectivity index (χ0) is 29.4. The number of hydrogen-bond acceptors (Lipinski definition) is 1. The zero-order valence-electron chi connectivity index (χ0n) is 24.5. The van der Waals surface area contributed by atoms with Crippen molar-refractivity contribution in [2.24, 2.45) is 0 Å². The van der Waals surface area contributed by atoms with E-state index >= 15 is 0 Å². The topological polar surface area (TPSA) is 4.41 Å². The molecule has 0 radical (unpaired) electrons. The van der Waals surface area contributed by atoms with Gasteiger partial charge in [-0.1, -0.05) is 103 Å². The molecule has 0 aliphatic carbocycles. The van der Waals surface area contributed by atoms with Gasteiger partial charge >= 0.3 is 0 Å². The maximum Gasteiger partial charge on any atom is 0.0720 e. The molecule has 3 heterocycles. The largest absolute Gasteiger partial charge is 0.305 e. The quantitative estimate of drug-likeness (QED) is 0.131. The SMILES string of the molecule is c1ccc(-c2cc3c4ccc5c6ccccc6c6cc7sc8cc9c%10ccccc%10c%10ccc%11c(c2)c3n(c7c4c56)c8c%11c%109)cc1. The summed E-state index contributed by atoms with van der Waals surface area (Å²) in [6.07, 6.45) is 0. The Morgan fingerprint density at radius 3 is 1.24 bits per heavy atom. The van der Waals surface area contributed by atoms with Gasteiger partial charge in [0.2, 0.25) is 0 Å². The van der Waals surface area contributed by atoms with Gasteiger partial charge in [-0.05, 0) is 89.3 Å². The summed E-state index contributed by atoms with van der Waals surface area (Å²) in [5.41, 5.74) is 6.59. The van der Waals surface area contributed by atoms with Crippen molar-refractivity contribution >= 4 is 123 Å². The van der Waals surface area contributed by atoms with Crippen molar-refractivity contribution in [2.45, 2.75) is 0 Å². The van der Waals surface area contributed by atoms with E-state index in [0.717, 1.165) is 0 Å². The van der Waals surface area contributed by atoms with Crippen LogP contribution in [0.3, 0.4) is 0 Å². The lowest BCUT2D eigenvalue weighted by Crippen LogP contribution is -2.02. The first kappa shape index (κ1) is 22.8. The third kappa shape index (κ3) is 2.36. The van der Waals surface area contributed by atoms with Crippen LogP contribution in [0.25, 0.3) is 123 Å². The second-order valence-corrected chi connectivity index (χ2v) is 14.3. The van der Waals surface area contributed by atoms with E-state index in [9.17, 15) is 0 Å². The van der Waals surface area contributed by atoms with E-state index in [1.807, 2.05) is 11.3 Å². The molecule has 0 saturated carbocycles. The number of pyridine rings is 2. The second-order valence-electron chi connectivity index (χ2n) is 13.2. The van der Waals surface area contributed by atoms with Crippen molar-refractivity contribution in [1.82, 2.24) is 4.40 Å². The van der Waals surface area contributed by atoms with E-state index in [0.29, 0.717) is 0 Å². The third-order valence-electron chi connectivity index (χ3n) is 11.1. The molecule has 1 nitrogen and oxygen atoms in total. The van der Waals surface area contributed by atoms with Crippen LogP contribution in [0.4, 0.5) is 0 Å². The van der Waals surface area contributed by atoms with Crippen LogP contribution >= 0.6 is 11.3 Å². The van der Waals surface area contributed by atoms with E-state index in [1.165, 1.54) is 123 Å². The van der Waals surface area contributed by atoms with Crippen LogP contribution in [0, 0.1) is 0 Å². The summed E-state index contributed by atoms with van der Waals surface area (Å²) in [7, 11) is 0. The molecular weight excluding hydrogens is 575 g/mol. The van der Waals surface area contributed by atoms with Crippen molar-refractivity contribution < 1.29 is 0 Å². The first-order chi connectivity index (χ1) is 22.8. The third-order valence-corrected chi connectivity index (χ3v) is 12.2. The van der Waals surface area contributed by atoms with Crippen LogP contribution in [0.5, 0.6) is 0 Å². The fourth-order valence-electron chi connectivity index (χ4n) is 9.41. The molecule has 46 heavy (non-hydrogen) atoms. The molecule has 13 aromatic rings. The van der Waals surface area contributed by atoms with Gasteiger partial charge in [-0.25, -0.2) is 0 Å². The standard InChI is InChI=1S/C44H21NS/c1-2-8-22(9-3-1)23-18-34-30-16-14-28-24-10-4-6-12-26(24)32-20-36-43(40(30)38(28)32)45-42(34)35(19-23)31-17-15-29-25-11-5-7-13-27(25)33-21-37(46-36)44(45)41(31)39(29)33/h1-21H. The Kier molecular flexibility index (Phi) is 3.66. The predicted octanol–water partition coefficient (Wildman–Crippen LogP) is 13.0. The molecule has 13 rings (SSSR count). The van der Waals surface area contributed by atoms with Gasteiger partial charge in [0.1, 0.15) is 0 Å². The summed E-state index contributed by atoms with van der Waals surface area (Å²) in [5.74, 6) is 0. The van der Waals surface area contributed by atoms with Crippen molar-refractivity contribution in [3.8, 4) is 11.1 Å². The number of hydrogen-bond donors (Lipinski definition) is 0. The fourth-order valence-corrected chi connectivity index (χ4v) is 10.6. The molecule has 0 aliphatic rings. The molecule has 0 spiro atoms. The van der Waals surface area contributed by atoms with Gasteiger partial charge in [0, 0.05) is 32.3 Å². The van der Waals surface area contributed by atoms with Crippen molar-refractivity contribution in [3.63, 3.8) is 0 Å². The summed E-state index contributed by atoms with van der Waals surface area (Å²) in [5, 5.41) is 21.8. The molecule has 0 fully saturated rings. The minimum atomic E-state index is 1.25. The Morgan fingerprint density at radius 2 is 0.739 bits per heavy atom. The van der Waals surface area contributed by atoms with Crippen LogP contribution in [0.15, 0.2) is 127 Å². The first-order valence-corrected chi connectivity index (χ1v) is 16.8. The summed E-state index contributed by atoms with van der Waals surface area (Å²) < 4.78 is 5.39. The minimum Gasteiger partial charge on any atom is -0.305 e. The number of aromatic nitrogens is 1. The molecule has 10 aromatic carbocycles. The Bertz CT molecular complexity index is 3190. The average molecular weight is 596 g/mol. The molecule has 0 unspecified atom stereocenters. The minimum absolute atomic E-state index is 1.25. The Balaban J connectivity index is 1.42. The number of rotatable bonds is 1. The number of fused-ring (bicyclic) bond motifs is 8. The summed E-state index contributed by atoms with van der Waals surface area (Å²) in [6, 6.07) is 48.4. The lowest BCUT2D eigenvalue weighted by molar-refractivity contribution is 1.36. The van der Waals surface area contributed by atoms with E-state index in [-0.39, 0.29) is 0 Å². The van der Waals surface area contributed by atoms with Crippen molar-refractivity contribution in [3.05, 3.63) is 127 Å². The van der Waals surface area contributed by atoms with Crippen LogP contribution in [-0.4, -0.2) is 4.40 Å². The lowest BCUT2D eigenvalue weighted by Gasteiger charge is -2.24. The molecule has 0 amide bonds. The molecule has 0 N–H and O–H groups in total. The van der Waals surface area contributed by atoms with Crippen LogP contribution in [-0.2, 0) is 0 Å². The molecule has 0 atom stereocenters. The highest BCUT2D eigenvalue weighted by molar-refractivity contribution is 7.24. The first-order valence-electron chi connectivity index (χ1n) is 16.0. The average Bonchev–Trinajstić information content (AvgIpc) is 3.62. The highest BCUT2D eigenvalue weighted by Gasteiger charge is 2.27. The zero-order valence-corrected chi connectivity index (χ0v) is 25.3. The predicted molar refractivity (Wildman–Crippen MR) is 201 cm³/mol. The lowest BCUT2D eigenvalue weighted by atomic mass is 9.90. The van der Waals surface area contributed by atoms with Gasteiger partial charge in [-0.3, -0.25) is 0 Å². The van der Waals surface area contributed by atoms with Gasteiger partial charge in [0.25, 0.3) is 0 Å². The van der Waals surface area contributed by atoms with Gasteiger partial charge in [-0.2, -0.15) is 0 Å². The Hall–Kier alpha value is -5.70. The van der Waals surface area contributed by atoms with Crippen LogP contribution in [0.1, 0.15) is 0 Å². The van der Waals surface area contributed by atoms with Gasteiger partial charge in [-0.15, -0.1) is 11.3 Å². The van der Waals surface area contributed by atoms with E-state index in [4.69, 9.17) is 0 Å². The number of nitrogens with zero attached hydrogens (tertiary/aromatic N) is 1. The second kappa shape index (κ2) is 7.39. The fraction of sp³-hybridized carbons (Fsp3) is 0. The normalized spacial score (nSPS) is 13.2. The van der Waals surface area contributed by atoms with E-state index in [1.54, 1.807) is 0 Å². The maximum absolute atomic E-state index is 2.68. The summed E-state index contributed by atoms with van der Waals surface area (Å²) >= 11 is 1.97. The molecule has 0 saturated heterocycles. The van der Waals surface area contributed by atoms with Crippen molar-refractivity contribution in [2.75, 3.05) is 0 Å². The van der Waals surface area contributed by atoms with Crippen LogP contribution < -0.4 is 0 Å². The Labute approximate surface area is 265 Å². The van der Waals surface area contributed by atoms with Crippen molar-refractivity contribution in [1.29, 1.82) is 0 Å². The van der Waals surface area contributed by atoms with E-state index < -0.39 is 0 Å². The van der Waals surface area contributed by atoms with Gasteiger partial charge in [0.15, 0.2) is 0 Å². The molecule has 3 aromatic heterocycles. The molecular formula is C44H21NS. The molecule has 0 aliphatic heterocycles. The summed E-state index contributed by atoms with van der Waals surface area (Å²) in [4.78, 5) is 0. The maximum atomic E-state index is 2.68. The van der Waals surface area contributed by atoms with Crippen LogP contribution in [0.2, 0.25) is 0 Å². The Morgan fingerprint density at radius 1 is 0.304 bits per heavy atom. The van der Waals surface area contributed by atoms with E-state index in [2.05, 4.69) is 132 Å². The van der Waals surface area contributed by atoms with Gasteiger partial charge in [0.05, 0.1) is 25.9 Å². The monoisotopic (exact) mass is 595 g/mol. The smallest absolute Gasteiger partial charge is 0.0720 e.